The summed E-state index contributed by atoms with van der Waals surface area (Å²) >= 11 is 0. The lowest BCUT2D eigenvalue weighted by molar-refractivity contribution is 0.0812. The number of hydrogen-bond acceptors (Lipinski definition) is 3. The molecule has 4 nitrogen and oxygen atoms in total. The first-order chi connectivity index (χ1) is 12.2. The minimum Gasteiger partial charge on any atom is -0.445 e. The number of rotatable bonds is 9. The number of carbonyl (C=O) groups excluding carboxylic acids is 1. The molecule has 1 aromatic rings. The summed E-state index contributed by atoms with van der Waals surface area (Å²) in [6, 6.07) is 9.87. The van der Waals surface area contributed by atoms with Gasteiger partial charge in [-0.2, -0.15) is 0 Å². The van der Waals surface area contributed by atoms with Crippen molar-refractivity contribution in [2.24, 2.45) is 5.92 Å². The Kier molecular flexibility index (Phi) is 8.81. The number of likely N-dealkylation sites (tertiary alicyclic amines) is 1. The van der Waals surface area contributed by atoms with Crippen LogP contribution in [-0.2, 0) is 11.3 Å². The highest BCUT2D eigenvalue weighted by atomic mass is 16.6. The Balaban J connectivity index is 1.58. The smallest absolute Gasteiger partial charge is 0.410 e. The molecule has 4 heteroatoms. The fourth-order valence-corrected chi connectivity index (χ4v) is 3.52. The van der Waals surface area contributed by atoms with Crippen molar-refractivity contribution in [3.8, 4) is 0 Å². The molecule has 0 bridgehead atoms. The van der Waals surface area contributed by atoms with E-state index in [9.17, 15) is 4.79 Å². The number of carbonyl (C=O) groups is 1. The summed E-state index contributed by atoms with van der Waals surface area (Å²) in [7, 11) is 0. The lowest BCUT2D eigenvalue weighted by atomic mass is 9.92. The van der Waals surface area contributed by atoms with Gasteiger partial charge in [0.2, 0.25) is 0 Å². The van der Waals surface area contributed by atoms with Gasteiger partial charge in [-0.1, -0.05) is 57.0 Å². The summed E-state index contributed by atoms with van der Waals surface area (Å²) in [5.41, 5.74) is 1.04. The van der Waals surface area contributed by atoms with Crippen LogP contribution in [0.1, 0.15) is 51.5 Å². The summed E-state index contributed by atoms with van der Waals surface area (Å²) in [6.45, 7) is 10.0. The molecule has 0 N–H and O–H groups in total. The zero-order valence-electron chi connectivity index (χ0n) is 16.0. The number of ether oxygens (including phenoxy) is 1. The van der Waals surface area contributed by atoms with E-state index in [0.29, 0.717) is 6.61 Å². The minimum atomic E-state index is -0.163. The topological polar surface area (TPSA) is 32.8 Å². The second kappa shape index (κ2) is 11.1. The van der Waals surface area contributed by atoms with E-state index in [4.69, 9.17) is 4.74 Å². The van der Waals surface area contributed by atoms with Crippen molar-refractivity contribution in [1.82, 2.24) is 9.80 Å². The fraction of sp³-hybridized carbons (Fsp3) is 0.667. The van der Waals surface area contributed by atoms with Crippen molar-refractivity contribution >= 4 is 6.09 Å². The van der Waals surface area contributed by atoms with Gasteiger partial charge in [0.15, 0.2) is 0 Å². The summed E-state index contributed by atoms with van der Waals surface area (Å²) in [6.07, 6.45) is 5.97. The summed E-state index contributed by atoms with van der Waals surface area (Å²) in [4.78, 5) is 16.5. The molecule has 0 spiro atoms. The Labute approximate surface area is 153 Å². The van der Waals surface area contributed by atoms with Gasteiger partial charge in [-0.3, -0.25) is 0 Å². The van der Waals surface area contributed by atoms with Gasteiger partial charge in [0.05, 0.1) is 0 Å². The third-order valence-electron chi connectivity index (χ3n) is 5.31. The largest absolute Gasteiger partial charge is 0.445 e. The molecule has 140 valence electrons. The van der Waals surface area contributed by atoms with Crippen molar-refractivity contribution in [3.63, 3.8) is 0 Å². The number of nitrogens with zero attached hydrogens (tertiary/aromatic N) is 2. The first-order valence-corrected chi connectivity index (χ1v) is 9.90. The van der Waals surface area contributed by atoms with E-state index in [0.717, 1.165) is 50.5 Å². The molecule has 2 rings (SSSR count). The van der Waals surface area contributed by atoms with Crippen LogP contribution in [0.4, 0.5) is 4.79 Å². The molecule has 25 heavy (non-hydrogen) atoms. The molecule has 1 heterocycles. The molecular weight excluding hydrogens is 312 g/mol. The summed E-state index contributed by atoms with van der Waals surface area (Å²) in [5, 5.41) is 0. The first-order valence-electron chi connectivity index (χ1n) is 9.90. The van der Waals surface area contributed by atoms with E-state index < -0.39 is 0 Å². The lowest BCUT2D eigenvalue weighted by Gasteiger charge is -2.31. The third-order valence-corrected chi connectivity index (χ3v) is 5.31. The highest BCUT2D eigenvalue weighted by molar-refractivity contribution is 5.67. The molecule has 1 amide bonds. The van der Waals surface area contributed by atoms with Crippen LogP contribution < -0.4 is 0 Å². The molecular formula is C21H34N2O2. The van der Waals surface area contributed by atoms with E-state index in [1.54, 1.807) is 0 Å². The molecule has 1 aromatic carbocycles. The van der Waals surface area contributed by atoms with Gasteiger partial charge in [0, 0.05) is 13.1 Å². The van der Waals surface area contributed by atoms with Gasteiger partial charge in [-0.25, -0.2) is 4.79 Å². The van der Waals surface area contributed by atoms with E-state index in [2.05, 4.69) is 18.7 Å². The van der Waals surface area contributed by atoms with Crippen molar-refractivity contribution < 1.29 is 9.53 Å². The number of unbranched alkanes of at least 4 members (excludes halogenated alkanes) is 1. The highest BCUT2D eigenvalue weighted by Gasteiger charge is 2.23. The maximum absolute atomic E-state index is 12.2. The number of amides is 1. The molecule has 0 atom stereocenters. The minimum absolute atomic E-state index is 0.163. The normalized spacial score (nSPS) is 15.6. The molecule has 1 saturated heterocycles. The van der Waals surface area contributed by atoms with Crippen LogP contribution in [0.5, 0.6) is 0 Å². The molecule has 0 unspecified atom stereocenters. The van der Waals surface area contributed by atoms with Crippen molar-refractivity contribution in [3.05, 3.63) is 35.9 Å². The monoisotopic (exact) mass is 346 g/mol. The number of benzene rings is 1. The van der Waals surface area contributed by atoms with Gasteiger partial charge in [0.1, 0.15) is 6.61 Å². The predicted molar refractivity (Wildman–Crippen MR) is 103 cm³/mol. The van der Waals surface area contributed by atoms with Crippen LogP contribution in [0.2, 0.25) is 0 Å². The Morgan fingerprint density at radius 2 is 1.80 bits per heavy atom. The van der Waals surface area contributed by atoms with Gasteiger partial charge < -0.3 is 14.5 Å². The second-order valence-electron chi connectivity index (χ2n) is 6.99. The fourth-order valence-electron chi connectivity index (χ4n) is 3.52. The number of hydrogen-bond donors (Lipinski definition) is 0. The Hall–Kier alpha value is -1.55. The van der Waals surface area contributed by atoms with Gasteiger partial charge >= 0.3 is 6.09 Å². The Morgan fingerprint density at radius 1 is 1.12 bits per heavy atom. The maximum atomic E-state index is 12.2. The second-order valence-corrected chi connectivity index (χ2v) is 6.99. The Morgan fingerprint density at radius 3 is 2.44 bits per heavy atom. The van der Waals surface area contributed by atoms with Gasteiger partial charge in [0.25, 0.3) is 0 Å². The lowest BCUT2D eigenvalue weighted by Crippen LogP contribution is -2.38. The summed E-state index contributed by atoms with van der Waals surface area (Å²) < 4.78 is 5.43. The quantitative estimate of drug-likeness (QED) is 0.615. The molecule has 1 fully saturated rings. The third kappa shape index (κ3) is 7.07. The Bertz CT molecular complexity index is 480. The number of piperidine rings is 1. The van der Waals surface area contributed by atoms with Crippen LogP contribution in [0.25, 0.3) is 0 Å². The first kappa shape index (κ1) is 19.8. The maximum Gasteiger partial charge on any atom is 0.410 e. The van der Waals surface area contributed by atoms with Gasteiger partial charge in [-0.15, -0.1) is 0 Å². The van der Waals surface area contributed by atoms with Crippen molar-refractivity contribution in [2.45, 2.75) is 52.6 Å². The van der Waals surface area contributed by atoms with Crippen LogP contribution >= 0.6 is 0 Å². The van der Waals surface area contributed by atoms with Crippen LogP contribution in [0, 0.1) is 5.92 Å². The molecule has 0 aromatic heterocycles. The van der Waals surface area contributed by atoms with Gasteiger partial charge in [-0.05, 0) is 50.4 Å². The van der Waals surface area contributed by atoms with E-state index in [1.165, 1.54) is 25.8 Å². The van der Waals surface area contributed by atoms with Crippen molar-refractivity contribution in [1.29, 1.82) is 0 Å². The zero-order chi connectivity index (χ0) is 17.9. The molecule has 1 aliphatic rings. The SMILES string of the molecule is CCN(CC)CCCCC1CCN(C(=O)OCc2ccccc2)CC1. The zero-order valence-corrected chi connectivity index (χ0v) is 16.0. The van der Waals surface area contributed by atoms with Crippen LogP contribution in [0.3, 0.4) is 0 Å². The molecule has 0 saturated carbocycles. The molecule has 1 aliphatic heterocycles. The summed E-state index contributed by atoms with van der Waals surface area (Å²) in [5.74, 6) is 0.773. The predicted octanol–water partition coefficient (Wildman–Crippen LogP) is 4.55. The van der Waals surface area contributed by atoms with Crippen LogP contribution in [-0.4, -0.2) is 48.6 Å². The molecule has 0 aliphatic carbocycles. The van der Waals surface area contributed by atoms with E-state index in [-0.39, 0.29) is 6.09 Å². The highest BCUT2D eigenvalue weighted by Crippen LogP contribution is 2.23. The molecule has 0 radical (unpaired) electrons. The van der Waals surface area contributed by atoms with E-state index >= 15 is 0 Å². The average Bonchev–Trinajstić information content (AvgIpc) is 2.67. The average molecular weight is 347 g/mol. The van der Waals surface area contributed by atoms with Crippen molar-refractivity contribution in [2.75, 3.05) is 32.7 Å². The standard InChI is InChI=1S/C21H34N2O2/c1-3-22(4-2)15-9-8-10-19-13-16-23(17-14-19)21(24)25-18-20-11-6-5-7-12-20/h5-7,11-12,19H,3-4,8-10,13-18H2,1-2H3. The van der Waals surface area contributed by atoms with Crippen LogP contribution in [0.15, 0.2) is 30.3 Å². The van der Waals surface area contributed by atoms with E-state index in [1.807, 2.05) is 35.2 Å².